The summed E-state index contributed by atoms with van der Waals surface area (Å²) in [5, 5.41) is 0. The van der Waals surface area contributed by atoms with Crippen molar-refractivity contribution < 1.29 is 4.74 Å². The molecule has 21 heavy (non-hydrogen) atoms. The molecule has 118 valence electrons. The molecule has 3 unspecified atom stereocenters. The van der Waals surface area contributed by atoms with Crippen molar-refractivity contribution in [3.05, 3.63) is 29.8 Å². The molecule has 1 aliphatic rings. The normalized spacial score (nSPS) is 24.8. The number of likely N-dealkylation sites (tertiary alicyclic amines) is 1. The Morgan fingerprint density at radius 1 is 1.29 bits per heavy atom. The Labute approximate surface area is 129 Å². The summed E-state index contributed by atoms with van der Waals surface area (Å²) in [4.78, 5) is 2.66. The summed E-state index contributed by atoms with van der Waals surface area (Å²) < 4.78 is 5.21. The monoisotopic (exact) mass is 290 g/mol. The molecule has 0 bridgehead atoms. The number of hydrogen-bond donors (Lipinski definition) is 1. The third-order valence-electron chi connectivity index (χ3n) is 4.94. The lowest BCUT2D eigenvalue weighted by Gasteiger charge is -2.41. The number of aryl methyl sites for hydroxylation is 1. The van der Waals surface area contributed by atoms with Gasteiger partial charge in [0.1, 0.15) is 5.75 Å². The van der Waals surface area contributed by atoms with Gasteiger partial charge in [-0.15, -0.1) is 0 Å². The number of hydrogen-bond acceptors (Lipinski definition) is 3. The summed E-state index contributed by atoms with van der Waals surface area (Å²) >= 11 is 0. The van der Waals surface area contributed by atoms with Crippen LogP contribution in [0.15, 0.2) is 24.3 Å². The number of methoxy groups -OCH3 is 1. The molecule has 1 aromatic carbocycles. The minimum absolute atomic E-state index is 0.622. The Morgan fingerprint density at radius 3 is 2.62 bits per heavy atom. The standard InChI is InChI=1S/C18H30N2O/c1-14(20-13-17(12-19)7-5-15(20)2)4-6-16-8-10-18(21-3)11-9-16/h8-11,14-15,17H,4-7,12-13,19H2,1-3H3. The molecule has 2 N–H and O–H groups in total. The summed E-state index contributed by atoms with van der Waals surface area (Å²) in [5.74, 6) is 1.62. The smallest absolute Gasteiger partial charge is 0.118 e. The fourth-order valence-electron chi connectivity index (χ4n) is 3.35. The fourth-order valence-corrected chi connectivity index (χ4v) is 3.35. The molecule has 0 amide bonds. The van der Waals surface area contributed by atoms with E-state index in [0.717, 1.165) is 18.7 Å². The molecular weight excluding hydrogens is 260 g/mol. The van der Waals surface area contributed by atoms with E-state index in [0.29, 0.717) is 18.0 Å². The van der Waals surface area contributed by atoms with Crippen LogP contribution in [0.25, 0.3) is 0 Å². The maximum absolute atomic E-state index is 5.86. The topological polar surface area (TPSA) is 38.5 Å². The third kappa shape index (κ3) is 4.45. The lowest BCUT2D eigenvalue weighted by Crippen LogP contribution is -2.48. The third-order valence-corrected chi connectivity index (χ3v) is 4.94. The van der Waals surface area contributed by atoms with Gasteiger partial charge in [-0.25, -0.2) is 0 Å². The Kier molecular flexibility index (Phi) is 6.07. The Bertz CT molecular complexity index is 418. The van der Waals surface area contributed by atoms with Gasteiger partial charge in [0.15, 0.2) is 0 Å². The molecule has 1 heterocycles. The zero-order chi connectivity index (χ0) is 15.2. The fraction of sp³-hybridized carbons (Fsp3) is 0.667. The van der Waals surface area contributed by atoms with Crippen LogP contribution in [0, 0.1) is 5.92 Å². The first-order chi connectivity index (χ1) is 10.1. The van der Waals surface area contributed by atoms with Crippen molar-refractivity contribution in [2.45, 2.75) is 51.6 Å². The maximum atomic E-state index is 5.86. The average molecular weight is 290 g/mol. The molecule has 0 radical (unpaired) electrons. The molecule has 1 aromatic rings. The predicted molar refractivity (Wildman–Crippen MR) is 88.7 cm³/mol. The summed E-state index contributed by atoms with van der Waals surface area (Å²) in [6, 6.07) is 9.76. The van der Waals surface area contributed by atoms with Crippen LogP contribution in [-0.4, -0.2) is 37.2 Å². The van der Waals surface area contributed by atoms with Gasteiger partial charge in [-0.1, -0.05) is 12.1 Å². The van der Waals surface area contributed by atoms with Gasteiger partial charge in [-0.3, -0.25) is 4.90 Å². The molecule has 2 rings (SSSR count). The van der Waals surface area contributed by atoms with E-state index in [-0.39, 0.29) is 0 Å². The van der Waals surface area contributed by atoms with Crippen LogP contribution < -0.4 is 10.5 Å². The molecule has 0 spiro atoms. The minimum atomic E-state index is 0.622. The van der Waals surface area contributed by atoms with Crippen molar-refractivity contribution >= 4 is 0 Å². The first-order valence-electron chi connectivity index (χ1n) is 8.22. The number of piperidine rings is 1. The Hall–Kier alpha value is -1.06. The van der Waals surface area contributed by atoms with Crippen molar-refractivity contribution in [3.8, 4) is 5.75 Å². The second kappa shape index (κ2) is 7.81. The minimum Gasteiger partial charge on any atom is -0.497 e. The average Bonchev–Trinajstić information content (AvgIpc) is 2.53. The van der Waals surface area contributed by atoms with Crippen molar-refractivity contribution in [1.29, 1.82) is 0 Å². The molecule has 0 aliphatic carbocycles. The predicted octanol–water partition coefficient (Wildman–Crippen LogP) is 3.08. The van der Waals surface area contributed by atoms with Gasteiger partial charge in [-0.2, -0.15) is 0 Å². The highest BCUT2D eigenvalue weighted by atomic mass is 16.5. The number of rotatable bonds is 6. The highest BCUT2D eigenvalue weighted by Crippen LogP contribution is 2.25. The van der Waals surface area contributed by atoms with E-state index >= 15 is 0 Å². The van der Waals surface area contributed by atoms with Crippen LogP contribution in [0.5, 0.6) is 5.75 Å². The van der Waals surface area contributed by atoms with Gasteiger partial charge in [-0.05, 0) is 69.7 Å². The van der Waals surface area contributed by atoms with Gasteiger partial charge in [0.25, 0.3) is 0 Å². The zero-order valence-corrected chi connectivity index (χ0v) is 13.7. The van der Waals surface area contributed by atoms with Crippen LogP contribution in [0.4, 0.5) is 0 Å². The Morgan fingerprint density at radius 2 is 2.00 bits per heavy atom. The first-order valence-corrected chi connectivity index (χ1v) is 8.22. The van der Waals surface area contributed by atoms with E-state index in [1.165, 1.54) is 31.4 Å². The molecule has 1 aliphatic heterocycles. The summed E-state index contributed by atoms with van der Waals surface area (Å²) in [6.45, 7) is 6.71. The van der Waals surface area contributed by atoms with Crippen molar-refractivity contribution in [2.75, 3.05) is 20.2 Å². The van der Waals surface area contributed by atoms with Crippen LogP contribution in [-0.2, 0) is 6.42 Å². The largest absolute Gasteiger partial charge is 0.497 e. The maximum Gasteiger partial charge on any atom is 0.118 e. The van der Waals surface area contributed by atoms with Crippen molar-refractivity contribution in [3.63, 3.8) is 0 Å². The van der Waals surface area contributed by atoms with Gasteiger partial charge < -0.3 is 10.5 Å². The number of ether oxygens (including phenoxy) is 1. The van der Waals surface area contributed by atoms with E-state index in [1.54, 1.807) is 7.11 Å². The van der Waals surface area contributed by atoms with E-state index in [9.17, 15) is 0 Å². The summed E-state index contributed by atoms with van der Waals surface area (Å²) in [5.41, 5.74) is 7.26. The lowest BCUT2D eigenvalue weighted by atomic mass is 9.91. The van der Waals surface area contributed by atoms with Gasteiger partial charge in [0.2, 0.25) is 0 Å². The number of nitrogens with two attached hydrogens (primary N) is 1. The molecule has 1 fully saturated rings. The highest BCUT2D eigenvalue weighted by Gasteiger charge is 2.27. The van der Waals surface area contributed by atoms with Gasteiger partial charge in [0.05, 0.1) is 7.11 Å². The Balaban J connectivity index is 1.86. The van der Waals surface area contributed by atoms with Gasteiger partial charge >= 0.3 is 0 Å². The molecule has 0 aromatic heterocycles. The van der Waals surface area contributed by atoms with Crippen LogP contribution >= 0.6 is 0 Å². The van der Waals surface area contributed by atoms with Crippen LogP contribution in [0.2, 0.25) is 0 Å². The van der Waals surface area contributed by atoms with Crippen molar-refractivity contribution in [1.82, 2.24) is 4.90 Å². The highest BCUT2D eigenvalue weighted by molar-refractivity contribution is 5.27. The van der Waals surface area contributed by atoms with E-state index in [4.69, 9.17) is 10.5 Å². The number of benzene rings is 1. The molecule has 0 saturated carbocycles. The first kappa shape index (κ1) is 16.3. The molecule has 3 atom stereocenters. The molecule has 1 saturated heterocycles. The lowest BCUT2D eigenvalue weighted by molar-refractivity contribution is 0.0776. The molecule has 3 nitrogen and oxygen atoms in total. The van der Waals surface area contributed by atoms with E-state index in [2.05, 4.69) is 30.9 Å². The van der Waals surface area contributed by atoms with E-state index < -0.39 is 0 Å². The van der Waals surface area contributed by atoms with Gasteiger partial charge in [0, 0.05) is 18.6 Å². The zero-order valence-electron chi connectivity index (χ0n) is 13.7. The van der Waals surface area contributed by atoms with Crippen LogP contribution in [0.1, 0.15) is 38.7 Å². The number of nitrogens with zero attached hydrogens (tertiary/aromatic N) is 1. The second-order valence-corrected chi connectivity index (χ2v) is 6.46. The summed E-state index contributed by atoms with van der Waals surface area (Å²) in [6.07, 6.45) is 4.91. The molecule has 3 heteroatoms. The van der Waals surface area contributed by atoms with E-state index in [1.807, 2.05) is 12.1 Å². The van der Waals surface area contributed by atoms with Crippen molar-refractivity contribution in [2.24, 2.45) is 11.7 Å². The van der Waals surface area contributed by atoms with Crippen LogP contribution in [0.3, 0.4) is 0 Å². The SMILES string of the molecule is COc1ccc(CCC(C)N2CC(CN)CCC2C)cc1. The second-order valence-electron chi connectivity index (χ2n) is 6.46. The molecular formula is C18H30N2O. The quantitative estimate of drug-likeness (QED) is 0.875. The summed E-state index contributed by atoms with van der Waals surface area (Å²) in [7, 11) is 1.71.